The van der Waals surface area contributed by atoms with Crippen molar-refractivity contribution >= 4 is 17.5 Å². The van der Waals surface area contributed by atoms with Crippen molar-refractivity contribution in [1.29, 1.82) is 0 Å². The number of hydrogen-bond donors (Lipinski definition) is 3. The van der Waals surface area contributed by atoms with Crippen molar-refractivity contribution in [1.82, 2.24) is 10.6 Å². The maximum atomic E-state index is 11.8. The Morgan fingerprint density at radius 2 is 1.84 bits per heavy atom. The Bertz CT molecular complexity index is 458. The van der Waals surface area contributed by atoms with Crippen molar-refractivity contribution in [2.75, 3.05) is 12.4 Å². The lowest BCUT2D eigenvalue weighted by Crippen LogP contribution is -2.35. The summed E-state index contributed by atoms with van der Waals surface area (Å²) in [5, 5.41) is 8.43. The van der Waals surface area contributed by atoms with Crippen molar-refractivity contribution in [3.05, 3.63) is 29.8 Å². The number of rotatable bonds is 5. The lowest BCUT2D eigenvalue weighted by atomic mass is 10.1. The van der Waals surface area contributed by atoms with Crippen LogP contribution in [-0.4, -0.2) is 30.9 Å². The maximum absolute atomic E-state index is 11.8. The first-order valence-corrected chi connectivity index (χ1v) is 6.33. The Kier molecular flexibility index (Phi) is 5.51. The van der Waals surface area contributed by atoms with Crippen LogP contribution in [0.5, 0.6) is 0 Å². The molecule has 0 spiro atoms. The molecule has 0 saturated heterocycles. The Balaban J connectivity index is 2.77. The molecule has 0 bridgehead atoms. The molecule has 3 N–H and O–H groups in total. The van der Waals surface area contributed by atoms with Gasteiger partial charge in [-0.2, -0.15) is 0 Å². The van der Waals surface area contributed by atoms with Gasteiger partial charge in [0.2, 0.25) is 5.91 Å². The highest BCUT2D eigenvalue weighted by Gasteiger charge is 2.12. The Hall–Kier alpha value is -1.88. The Labute approximate surface area is 113 Å². The molecule has 1 aromatic carbocycles. The maximum Gasteiger partial charge on any atom is 0.251 e. The first-order valence-electron chi connectivity index (χ1n) is 6.33. The number of benzene rings is 1. The second-order valence-electron chi connectivity index (χ2n) is 4.71. The average molecular weight is 263 g/mol. The van der Waals surface area contributed by atoms with Crippen LogP contribution in [0.2, 0.25) is 0 Å². The van der Waals surface area contributed by atoms with E-state index in [4.69, 9.17) is 0 Å². The van der Waals surface area contributed by atoms with Crippen molar-refractivity contribution < 1.29 is 9.59 Å². The van der Waals surface area contributed by atoms with Gasteiger partial charge in [0.05, 0.1) is 6.04 Å². The van der Waals surface area contributed by atoms with Crippen LogP contribution >= 0.6 is 0 Å². The minimum atomic E-state index is -0.284. The average Bonchev–Trinajstić information content (AvgIpc) is 2.37. The van der Waals surface area contributed by atoms with Crippen LogP contribution < -0.4 is 16.0 Å². The molecule has 0 saturated carbocycles. The molecule has 1 aromatic rings. The van der Waals surface area contributed by atoms with Gasteiger partial charge in [-0.25, -0.2) is 0 Å². The zero-order chi connectivity index (χ0) is 14.4. The van der Waals surface area contributed by atoms with E-state index in [0.717, 1.165) is 0 Å². The molecule has 0 aliphatic carbocycles. The number of anilines is 1. The number of hydrogen-bond acceptors (Lipinski definition) is 3. The zero-order valence-corrected chi connectivity index (χ0v) is 11.8. The molecule has 2 amide bonds. The molecular weight excluding hydrogens is 242 g/mol. The SMILES string of the molecule is CNC(C)C(=O)Nc1cccc(C(=O)NC(C)C)c1. The minimum absolute atomic E-state index is 0.0788. The number of likely N-dealkylation sites (N-methyl/N-ethyl adjacent to an activating group) is 1. The molecule has 1 atom stereocenters. The quantitative estimate of drug-likeness (QED) is 0.751. The van der Waals surface area contributed by atoms with Crippen molar-refractivity contribution in [3.63, 3.8) is 0 Å². The summed E-state index contributed by atoms with van der Waals surface area (Å²) in [5.74, 6) is -0.281. The zero-order valence-electron chi connectivity index (χ0n) is 11.8. The van der Waals surface area contributed by atoms with Crippen LogP contribution in [0, 0.1) is 0 Å². The highest BCUT2D eigenvalue weighted by atomic mass is 16.2. The molecule has 1 rings (SSSR count). The molecule has 0 aliphatic rings. The van der Waals surface area contributed by atoms with Crippen molar-refractivity contribution in [3.8, 4) is 0 Å². The predicted molar refractivity (Wildman–Crippen MR) is 76.2 cm³/mol. The third-order valence-electron chi connectivity index (χ3n) is 2.64. The number of carbonyl (C=O) groups is 2. The summed E-state index contributed by atoms with van der Waals surface area (Å²) in [4.78, 5) is 23.6. The highest BCUT2D eigenvalue weighted by molar-refractivity contribution is 5.98. The first kappa shape index (κ1) is 15.2. The minimum Gasteiger partial charge on any atom is -0.350 e. The van der Waals surface area contributed by atoms with Gasteiger partial charge in [-0.15, -0.1) is 0 Å². The van der Waals surface area contributed by atoms with Crippen LogP contribution in [0.4, 0.5) is 5.69 Å². The predicted octanol–water partition coefficient (Wildman–Crippen LogP) is 1.37. The monoisotopic (exact) mass is 263 g/mol. The third-order valence-corrected chi connectivity index (χ3v) is 2.64. The standard InChI is InChI=1S/C14H21N3O2/c1-9(2)16-14(19)11-6-5-7-12(8-11)17-13(18)10(3)15-4/h5-10,15H,1-4H3,(H,16,19)(H,17,18). The molecule has 0 fully saturated rings. The van der Waals surface area contributed by atoms with Crippen molar-refractivity contribution in [2.45, 2.75) is 32.9 Å². The number of carbonyl (C=O) groups excluding carboxylic acids is 2. The smallest absolute Gasteiger partial charge is 0.251 e. The van der Waals surface area contributed by atoms with E-state index < -0.39 is 0 Å². The Morgan fingerprint density at radius 1 is 1.16 bits per heavy atom. The summed E-state index contributed by atoms with van der Waals surface area (Å²) in [6.45, 7) is 5.57. The van der Waals surface area contributed by atoms with Gasteiger partial charge in [0.15, 0.2) is 0 Å². The number of nitrogens with one attached hydrogen (secondary N) is 3. The van der Waals surface area contributed by atoms with Crippen molar-refractivity contribution in [2.24, 2.45) is 0 Å². The topological polar surface area (TPSA) is 70.2 Å². The van der Waals surface area contributed by atoms with Crippen LogP contribution in [0.15, 0.2) is 24.3 Å². The van der Waals surface area contributed by atoms with Gasteiger partial charge >= 0.3 is 0 Å². The molecular formula is C14H21N3O2. The summed E-state index contributed by atoms with van der Waals surface area (Å²) in [6, 6.07) is 6.68. The van der Waals surface area contributed by atoms with E-state index in [-0.39, 0.29) is 23.9 Å². The summed E-state index contributed by atoms with van der Waals surface area (Å²) in [7, 11) is 1.72. The van der Waals surface area contributed by atoms with Gasteiger partial charge in [-0.1, -0.05) is 6.07 Å². The van der Waals surface area contributed by atoms with Gasteiger partial charge in [-0.3, -0.25) is 9.59 Å². The van der Waals surface area contributed by atoms with Gasteiger partial charge in [-0.05, 0) is 46.0 Å². The van der Waals surface area contributed by atoms with Crippen LogP contribution in [0.1, 0.15) is 31.1 Å². The second kappa shape index (κ2) is 6.89. The van der Waals surface area contributed by atoms with Gasteiger partial charge in [0.25, 0.3) is 5.91 Å². The molecule has 1 unspecified atom stereocenters. The molecule has 0 radical (unpaired) electrons. The summed E-state index contributed by atoms with van der Waals surface area (Å²) >= 11 is 0. The largest absolute Gasteiger partial charge is 0.350 e. The van der Waals surface area contributed by atoms with E-state index in [9.17, 15) is 9.59 Å². The normalized spacial score (nSPS) is 12.1. The fourth-order valence-electron chi connectivity index (χ4n) is 1.47. The van der Waals surface area contributed by atoms with E-state index in [1.807, 2.05) is 13.8 Å². The van der Waals surface area contributed by atoms with Gasteiger partial charge < -0.3 is 16.0 Å². The molecule has 5 heteroatoms. The Morgan fingerprint density at radius 3 is 2.42 bits per heavy atom. The van der Waals surface area contributed by atoms with E-state index >= 15 is 0 Å². The number of amides is 2. The third kappa shape index (κ3) is 4.71. The highest BCUT2D eigenvalue weighted by Crippen LogP contribution is 2.11. The summed E-state index contributed by atoms with van der Waals surface area (Å²) < 4.78 is 0. The lowest BCUT2D eigenvalue weighted by Gasteiger charge is -2.12. The summed E-state index contributed by atoms with van der Waals surface area (Å²) in [6.07, 6.45) is 0. The van der Waals surface area contributed by atoms with Gasteiger partial charge in [0, 0.05) is 17.3 Å². The molecule has 19 heavy (non-hydrogen) atoms. The van der Waals surface area contributed by atoms with E-state index in [0.29, 0.717) is 11.3 Å². The second-order valence-corrected chi connectivity index (χ2v) is 4.71. The molecule has 0 heterocycles. The van der Waals surface area contributed by atoms with E-state index in [2.05, 4.69) is 16.0 Å². The molecule has 0 aliphatic heterocycles. The van der Waals surface area contributed by atoms with Crippen LogP contribution in [0.25, 0.3) is 0 Å². The van der Waals surface area contributed by atoms with Crippen LogP contribution in [-0.2, 0) is 4.79 Å². The van der Waals surface area contributed by atoms with E-state index in [1.165, 1.54) is 0 Å². The first-order chi connectivity index (χ1) is 8.93. The fraction of sp³-hybridized carbons (Fsp3) is 0.429. The van der Waals surface area contributed by atoms with E-state index in [1.54, 1.807) is 38.2 Å². The van der Waals surface area contributed by atoms with Gasteiger partial charge in [0.1, 0.15) is 0 Å². The molecule has 5 nitrogen and oxygen atoms in total. The lowest BCUT2D eigenvalue weighted by molar-refractivity contribution is -0.117. The molecule has 0 aromatic heterocycles. The summed E-state index contributed by atoms with van der Waals surface area (Å²) in [5.41, 5.74) is 1.15. The van der Waals surface area contributed by atoms with Crippen LogP contribution in [0.3, 0.4) is 0 Å². The fourth-order valence-corrected chi connectivity index (χ4v) is 1.47. The molecule has 104 valence electrons.